The molecule has 0 aliphatic heterocycles. The summed E-state index contributed by atoms with van der Waals surface area (Å²) < 4.78 is 29.3. The van der Waals surface area contributed by atoms with Gasteiger partial charge in [0.05, 0.1) is 9.79 Å². The molecule has 40 heavy (non-hydrogen) atoms. The molecule has 0 atom stereocenters. The predicted octanol–water partition coefficient (Wildman–Crippen LogP) is 6.59. The van der Waals surface area contributed by atoms with E-state index in [1.807, 2.05) is 36.4 Å². The van der Waals surface area contributed by atoms with Crippen LogP contribution < -0.4 is 0 Å². The Balaban J connectivity index is 0.00000118. The van der Waals surface area contributed by atoms with Gasteiger partial charge in [-0.3, -0.25) is 0 Å². The summed E-state index contributed by atoms with van der Waals surface area (Å²) in [6.45, 7) is 2.88. The summed E-state index contributed by atoms with van der Waals surface area (Å²) in [5, 5.41) is 0.437. The molecule has 0 unspecified atom stereocenters. The molecule has 2 heterocycles. The van der Waals surface area contributed by atoms with E-state index in [9.17, 15) is 8.42 Å². The van der Waals surface area contributed by atoms with Gasteiger partial charge in [-0.25, -0.2) is 13.4 Å². The molecule has 0 aliphatic rings. The lowest BCUT2D eigenvalue weighted by Crippen LogP contribution is -2.07. The fraction of sp³-hybridized carbons (Fsp3) is 0.125. The van der Waals surface area contributed by atoms with Crippen LogP contribution in [-0.4, -0.2) is 24.1 Å². The molecule has 6 nitrogen and oxygen atoms in total. The molecule has 5 rings (SSSR count). The number of nitrogens with zero attached hydrogens (tertiary/aromatic N) is 2. The largest absolute Gasteiger partial charge is 0.373 e. The van der Waals surface area contributed by atoms with Crippen molar-refractivity contribution in [2.75, 3.05) is 0 Å². The monoisotopic (exact) mass is 570 g/mol. The Bertz CT molecular complexity index is 1730. The Morgan fingerprint density at radius 2 is 1.45 bits per heavy atom. The summed E-state index contributed by atoms with van der Waals surface area (Å²) in [6.07, 6.45) is 3.34. The van der Waals surface area contributed by atoms with Gasteiger partial charge < -0.3 is 4.57 Å². The third-order valence-electron chi connectivity index (χ3n) is 6.66. The average molecular weight is 571 g/mol. The topological polar surface area (TPSA) is 86.1 Å². The van der Waals surface area contributed by atoms with Crippen molar-refractivity contribution in [3.63, 3.8) is 0 Å². The van der Waals surface area contributed by atoms with Crippen molar-refractivity contribution in [3.05, 3.63) is 137 Å². The van der Waals surface area contributed by atoms with E-state index >= 15 is 0 Å². The maximum absolute atomic E-state index is 13.5. The van der Waals surface area contributed by atoms with Crippen LogP contribution in [0.2, 0.25) is 5.15 Å². The summed E-state index contributed by atoms with van der Waals surface area (Å²) >= 11 is 6.24. The van der Waals surface area contributed by atoms with Gasteiger partial charge in [-0.15, -0.1) is 0 Å². The van der Waals surface area contributed by atoms with Gasteiger partial charge in [-0.1, -0.05) is 78.3 Å². The van der Waals surface area contributed by atoms with Crippen LogP contribution in [0.4, 0.5) is 0 Å². The summed E-state index contributed by atoms with van der Waals surface area (Å²) in [5.41, 5.74) is 6.23. The lowest BCUT2D eigenvalue weighted by atomic mass is 10.0. The van der Waals surface area contributed by atoms with Crippen LogP contribution in [0.15, 0.2) is 119 Å². The molecule has 5 aromatic rings. The fourth-order valence-corrected chi connectivity index (χ4v) is 6.39. The van der Waals surface area contributed by atoms with Gasteiger partial charge in [0, 0.05) is 36.1 Å². The molecule has 0 saturated carbocycles. The number of halogens is 1. The van der Waals surface area contributed by atoms with Crippen LogP contribution in [-0.2, 0) is 38.8 Å². The maximum atomic E-state index is 13.5. The third kappa shape index (κ3) is 6.64. The smallest absolute Gasteiger partial charge is 0.344 e. The van der Waals surface area contributed by atoms with Gasteiger partial charge in [-0.2, -0.15) is 9.59 Å². The van der Waals surface area contributed by atoms with Crippen molar-refractivity contribution in [3.8, 4) is 11.3 Å². The van der Waals surface area contributed by atoms with Crippen molar-refractivity contribution < 1.29 is 18.0 Å². The third-order valence-corrected chi connectivity index (χ3v) is 8.73. The number of hydrogen-bond acceptors (Lipinski definition) is 5. The van der Waals surface area contributed by atoms with E-state index in [-0.39, 0.29) is 6.15 Å². The molecule has 0 radical (unpaired) electrons. The fourth-order valence-electron chi connectivity index (χ4n) is 4.70. The van der Waals surface area contributed by atoms with E-state index in [0.717, 1.165) is 41.0 Å². The zero-order valence-electron chi connectivity index (χ0n) is 21.8. The Labute approximate surface area is 238 Å². The van der Waals surface area contributed by atoms with Crippen molar-refractivity contribution in [1.29, 1.82) is 0 Å². The number of pyridine rings is 1. The molecule has 8 heteroatoms. The van der Waals surface area contributed by atoms with Gasteiger partial charge in [0.1, 0.15) is 5.15 Å². The zero-order valence-corrected chi connectivity index (χ0v) is 23.4. The zero-order chi connectivity index (χ0) is 28.5. The summed E-state index contributed by atoms with van der Waals surface area (Å²) in [7, 11) is -3.64. The van der Waals surface area contributed by atoms with E-state index in [1.165, 1.54) is 5.56 Å². The molecular weight excluding hydrogens is 544 g/mol. The molecule has 0 fully saturated rings. The summed E-state index contributed by atoms with van der Waals surface area (Å²) in [5.74, 6) is 0. The number of benzene rings is 3. The highest BCUT2D eigenvalue weighted by molar-refractivity contribution is 7.91. The Morgan fingerprint density at radius 3 is 2.12 bits per heavy atom. The lowest BCUT2D eigenvalue weighted by molar-refractivity contribution is -0.191. The number of carbonyl (C=O) groups excluding carboxylic acids is 2. The first kappa shape index (κ1) is 28.7. The Morgan fingerprint density at radius 1 is 0.825 bits per heavy atom. The molecule has 2 aromatic heterocycles. The quantitative estimate of drug-likeness (QED) is 0.196. The van der Waals surface area contributed by atoms with E-state index < -0.39 is 9.84 Å². The number of rotatable bonds is 8. The van der Waals surface area contributed by atoms with Crippen LogP contribution in [0.3, 0.4) is 0 Å². The van der Waals surface area contributed by atoms with E-state index in [1.54, 1.807) is 42.6 Å². The van der Waals surface area contributed by atoms with E-state index in [2.05, 4.69) is 46.8 Å². The number of hydrogen-bond donors (Lipinski definition) is 0. The SMILES string of the molecule is Cc1c(Cc2ccccc2S(=O)(=O)c2ccccc2)cc(-c2ccnc(Cl)c2)n1CCc1ccccc1.O=C=O. The number of sulfone groups is 1. The van der Waals surface area contributed by atoms with Crippen molar-refractivity contribution in [1.82, 2.24) is 9.55 Å². The highest BCUT2D eigenvalue weighted by atomic mass is 35.5. The summed E-state index contributed by atoms with van der Waals surface area (Å²) in [6, 6.07) is 32.2. The van der Waals surface area contributed by atoms with Crippen molar-refractivity contribution in [2.24, 2.45) is 0 Å². The Hall–Kier alpha value is -4.29. The minimum atomic E-state index is -3.64. The lowest BCUT2D eigenvalue weighted by Gasteiger charge is -2.13. The highest BCUT2D eigenvalue weighted by Gasteiger charge is 2.22. The first-order valence-corrected chi connectivity index (χ1v) is 14.4. The standard InChI is InChI=1S/C31H27ClN2O2S.CO2/c1-23-27(20-26-12-8-9-15-30(26)37(35,36)28-13-6-3-7-14-28)21-29(25-16-18-33-31(32)22-25)34(23)19-17-24-10-4-2-5-11-24;2-1-3/h2-16,18,21-22H,17,19-20H2,1H3;. The minimum absolute atomic E-state index is 0.250. The highest BCUT2D eigenvalue weighted by Crippen LogP contribution is 2.31. The second-order valence-electron chi connectivity index (χ2n) is 9.08. The first-order valence-electron chi connectivity index (χ1n) is 12.6. The molecule has 0 saturated heterocycles. The van der Waals surface area contributed by atoms with Crippen LogP contribution in [0, 0.1) is 6.92 Å². The molecule has 0 aliphatic carbocycles. The molecule has 3 aromatic carbocycles. The summed E-state index contributed by atoms with van der Waals surface area (Å²) in [4.78, 5) is 21.0. The van der Waals surface area contributed by atoms with Crippen molar-refractivity contribution >= 4 is 27.6 Å². The average Bonchev–Trinajstić information content (AvgIpc) is 3.28. The van der Waals surface area contributed by atoms with Crippen LogP contribution in [0.1, 0.15) is 22.4 Å². The van der Waals surface area contributed by atoms with E-state index in [0.29, 0.717) is 21.4 Å². The van der Waals surface area contributed by atoms with E-state index in [4.69, 9.17) is 21.2 Å². The maximum Gasteiger partial charge on any atom is 0.373 e. The van der Waals surface area contributed by atoms with Gasteiger partial charge in [0.15, 0.2) is 0 Å². The van der Waals surface area contributed by atoms with Gasteiger partial charge >= 0.3 is 6.15 Å². The second kappa shape index (κ2) is 13.2. The van der Waals surface area contributed by atoms with Crippen LogP contribution in [0.5, 0.6) is 0 Å². The van der Waals surface area contributed by atoms with Gasteiger partial charge in [-0.05, 0) is 66.4 Å². The van der Waals surface area contributed by atoms with Crippen LogP contribution >= 0.6 is 11.6 Å². The molecule has 0 bridgehead atoms. The number of aromatic nitrogens is 2. The van der Waals surface area contributed by atoms with Gasteiger partial charge in [0.25, 0.3) is 0 Å². The first-order chi connectivity index (χ1) is 19.3. The second-order valence-corrected chi connectivity index (χ2v) is 11.4. The normalized spacial score (nSPS) is 10.8. The molecule has 0 amide bonds. The Kier molecular flexibility index (Phi) is 9.46. The molecule has 202 valence electrons. The predicted molar refractivity (Wildman–Crippen MR) is 154 cm³/mol. The molecule has 0 N–H and O–H groups in total. The molecular formula is C32H27ClN2O4S. The van der Waals surface area contributed by atoms with Gasteiger partial charge in [0.2, 0.25) is 9.84 Å². The molecule has 0 spiro atoms. The van der Waals surface area contributed by atoms with Crippen molar-refractivity contribution in [2.45, 2.75) is 36.1 Å². The minimum Gasteiger partial charge on any atom is -0.344 e. The number of aryl methyl sites for hydroxylation is 1. The van der Waals surface area contributed by atoms with Crippen LogP contribution in [0.25, 0.3) is 11.3 Å².